The first-order chi connectivity index (χ1) is 18.2. The molecule has 0 spiro atoms. The lowest BCUT2D eigenvalue weighted by atomic mass is 10.1. The smallest absolute Gasteiger partial charge is 0.369 e. The third-order valence-corrected chi connectivity index (χ3v) is 5.95. The van der Waals surface area contributed by atoms with E-state index in [9.17, 15) is 13.2 Å². The Morgan fingerprint density at radius 1 is 1.11 bits per heavy atom. The van der Waals surface area contributed by atoms with Crippen LogP contribution in [0.25, 0.3) is 11.4 Å². The molecule has 3 heterocycles. The van der Waals surface area contributed by atoms with Gasteiger partial charge in [0.05, 0.1) is 5.56 Å². The average Bonchev–Trinajstić information content (AvgIpc) is 3.60. The summed E-state index contributed by atoms with van der Waals surface area (Å²) in [5, 5.41) is 7.15. The maximum absolute atomic E-state index is 12.5. The Morgan fingerprint density at radius 2 is 1.82 bits per heavy atom. The van der Waals surface area contributed by atoms with Crippen LogP contribution >= 0.6 is 0 Å². The van der Waals surface area contributed by atoms with Gasteiger partial charge < -0.3 is 14.7 Å². The van der Waals surface area contributed by atoms with Crippen molar-refractivity contribution >= 4 is 11.5 Å². The van der Waals surface area contributed by atoms with Crippen LogP contribution in [0.5, 0.6) is 0 Å². The van der Waals surface area contributed by atoms with Gasteiger partial charge in [0, 0.05) is 31.9 Å². The topological polar surface area (TPSA) is 79.4 Å². The first-order valence-electron chi connectivity index (χ1n) is 12.7. The molecule has 0 radical (unpaired) electrons. The van der Waals surface area contributed by atoms with E-state index >= 15 is 0 Å². The summed E-state index contributed by atoms with van der Waals surface area (Å²) in [5.41, 5.74) is 2.54. The molecule has 0 aliphatic carbocycles. The number of likely N-dealkylation sites (tertiary alicyclic amines) is 1. The minimum absolute atomic E-state index is 0.215. The van der Waals surface area contributed by atoms with Gasteiger partial charge in [0.15, 0.2) is 0 Å². The average molecular weight is 529 g/mol. The van der Waals surface area contributed by atoms with Crippen LogP contribution in [0.2, 0.25) is 0 Å². The zero-order valence-electron chi connectivity index (χ0n) is 22.3. The lowest BCUT2D eigenvalue weighted by Gasteiger charge is -2.14. The summed E-state index contributed by atoms with van der Waals surface area (Å²) in [5.74, 6) is 1.43. The van der Waals surface area contributed by atoms with Crippen LogP contribution in [0.15, 0.2) is 63.8 Å². The van der Waals surface area contributed by atoms with Crippen molar-refractivity contribution in [3.63, 3.8) is 0 Å². The predicted octanol–water partition coefficient (Wildman–Crippen LogP) is 6.29. The summed E-state index contributed by atoms with van der Waals surface area (Å²) < 4.78 is 42.7. The number of aromatic nitrogens is 3. The van der Waals surface area contributed by atoms with E-state index in [1.807, 2.05) is 20.0 Å². The Kier molecular flexibility index (Phi) is 10.6. The predicted molar refractivity (Wildman–Crippen MR) is 144 cm³/mol. The van der Waals surface area contributed by atoms with Gasteiger partial charge in [0.2, 0.25) is 5.82 Å². The molecule has 0 atom stereocenters. The largest absolute Gasteiger partial charge is 0.416 e. The van der Waals surface area contributed by atoms with Gasteiger partial charge in [-0.2, -0.15) is 18.2 Å². The van der Waals surface area contributed by atoms with Gasteiger partial charge in [-0.3, -0.25) is 4.99 Å². The van der Waals surface area contributed by atoms with Gasteiger partial charge in [0.1, 0.15) is 11.5 Å². The van der Waals surface area contributed by atoms with Crippen molar-refractivity contribution in [2.45, 2.75) is 46.2 Å². The first kappa shape index (κ1) is 29.0. The number of allylic oxidation sites excluding steroid dienone is 2. The van der Waals surface area contributed by atoms with Crippen LogP contribution in [0.1, 0.15) is 50.6 Å². The van der Waals surface area contributed by atoms with Gasteiger partial charge in [0.25, 0.3) is 5.89 Å². The molecular weight excluding hydrogens is 493 g/mol. The van der Waals surface area contributed by atoms with E-state index in [0.29, 0.717) is 11.3 Å². The Morgan fingerprint density at radius 3 is 2.37 bits per heavy atom. The van der Waals surface area contributed by atoms with Crippen molar-refractivity contribution in [1.29, 1.82) is 0 Å². The number of halogens is 3. The normalized spacial score (nSPS) is 14.1. The summed E-state index contributed by atoms with van der Waals surface area (Å²) in [7, 11) is 1.59. The summed E-state index contributed by atoms with van der Waals surface area (Å²) >= 11 is 0. The van der Waals surface area contributed by atoms with Crippen molar-refractivity contribution in [2.24, 2.45) is 4.99 Å². The second-order valence-electron chi connectivity index (χ2n) is 9.21. The number of aryl methyl sites for hydroxylation is 1. The highest BCUT2D eigenvalue weighted by Crippen LogP contribution is 2.30. The van der Waals surface area contributed by atoms with E-state index in [4.69, 9.17) is 4.52 Å². The fourth-order valence-corrected chi connectivity index (χ4v) is 3.83. The van der Waals surface area contributed by atoms with Gasteiger partial charge in [-0.1, -0.05) is 35.9 Å². The van der Waals surface area contributed by atoms with Gasteiger partial charge in [-0.05, 0) is 76.0 Å². The molecule has 4 rings (SSSR count). The molecule has 38 heavy (non-hydrogen) atoms. The molecule has 1 saturated heterocycles. The molecule has 204 valence electrons. The van der Waals surface area contributed by atoms with Crippen LogP contribution in [0.3, 0.4) is 0 Å². The van der Waals surface area contributed by atoms with Crippen LogP contribution in [0, 0.1) is 0 Å². The van der Waals surface area contributed by atoms with Crippen molar-refractivity contribution in [3.8, 4) is 11.4 Å². The molecule has 1 aliphatic rings. The molecule has 0 bridgehead atoms. The van der Waals surface area contributed by atoms with Crippen LogP contribution < -0.4 is 5.32 Å². The SMILES string of the molecule is CCc1ccc(NCCN2CCCC2)nc1.CN=C(C=C(C)C)c1nc(-c2ccc(C(F)(F)F)cc2)no1. The number of nitrogens with zero attached hydrogens (tertiary/aromatic N) is 5. The number of hydrogen-bond acceptors (Lipinski definition) is 7. The number of benzene rings is 1. The molecule has 1 N–H and O–H groups in total. The van der Waals surface area contributed by atoms with E-state index < -0.39 is 11.7 Å². The Balaban J connectivity index is 0.000000221. The molecule has 1 aliphatic heterocycles. The lowest BCUT2D eigenvalue weighted by Crippen LogP contribution is -2.26. The third-order valence-electron chi connectivity index (χ3n) is 5.95. The monoisotopic (exact) mass is 528 g/mol. The van der Waals surface area contributed by atoms with Gasteiger partial charge in [-0.15, -0.1) is 0 Å². The first-order valence-corrected chi connectivity index (χ1v) is 12.7. The Hall–Kier alpha value is -3.53. The van der Waals surface area contributed by atoms with Crippen molar-refractivity contribution in [2.75, 3.05) is 38.5 Å². The standard InChI is InChI=1S/C15H14F3N3O.C13H21N3/c1-9(2)8-12(19-3)14-20-13(21-22-14)10-4-6-11(7-5-10)15(16,17)18;1-2-12-5-6-13(15-11-12)14-7-10-16-8-3-4-9-16/h4-8H,1-3H3;5-6,11H,2-4,7-10H2,1H3,(H,14,15). The van der Waals surface area contributed by atoms with Crippen molar-refractivity contribution < 1.29 is 17.7 Å². The minimum Gasteiger partial charge on any atom is -0.369 e. The number of rotatable bonds is 8. The highest BCUT2D eigenvalue weighted by molar-refractivity contribution is 6.05. The van der Waals surface area contributed by atoms with Crippen LogP contribution in [0.4, 0.5) is 19.0 Å². The van der Waals surface area contributed by atoms with E-state index in [0.717, 1.165) is 43.0 Å². The lowest BCUT2D eigenvalue weighted by molar-refractivity contribution is -0.137. The van der Waals surface area contributed by atoms with Crippen LogP contribution in [-0.4, -0.2) is 59.0 Å². The molecule has 0 amide bonds. The fourth-order valence-electron chi connectivity index (χ4n) is 3.83. The quantitative estimate of drug-likeness (QED) is 0.346. The number of pyridine rings is 1. The molecule has 7 nitrogen and oxygen atoms in total. The Labute approximate surface area is 221 Å². The van der Waals surface area contributed by atoms with E-state index in [2.05, 4.69) is 49.4 Å². The molecular formula is C28H35F3N6O. The molecule has 0 saturated carbocycles. The number of nitrogens with one attached hydrogen (secondary N) is 1. The summed E-state index contributed by atoms with van der Waals surface area (Å²) in [6.45, 7) is 10.6. The zero-order valence-corrected chi connectivity index (χ0v) is 22.3. The molecule has 10 heteroatoms. The number of alkyl halides is 3. The number of hydrogen-bond donors (Lipinski definition) is 1. The summed E-state index contributed by atoms with van der Waals surface area (Å²) in [4.78, 5) is 15.1. The highest BCUT2D eigenvalue weighted by Gasteiger charge is 2.30. The van der Waals surface area contributed by atoms with Crippen molar-refractivity contribution in [1.82, 2.24) is 20.0 Å². The number of aliphatic imine (C=N–C) groups is 1. The molecule has 0 unspecified atom stereocenters. The fraction of sp³-hybridized carbons (Fsp3) is 0.429. The van der Waals surface area contributed by atoms with Crippen molar-refractivity contribution in [3.05, 3.63) is 71.3 Å². The summed E-state index contributed by atoms with van der Waals surface area (Å²) in [6.07, 6.45) is 3.16. The van der Waals surface area contributed by atoms with Gasteiger partial charge >= 0.3 is 6.18 Å². The van der Waals surface area contributed by atoms with E-state index in [-0.39, 0.29) is 11.7 Å². The van der Waals surface area contributed by atoms with Gasteiger partial charge in [-0.25, -0.2) is 4.98 Å². The second kappa shape index (κ2) is 13.9. The molecule has 2 aromatic heterocycles. The summed E-state index contributed by atoms with van der Waals surface area (Å²) in [6, 6.07) is 8.79. The Bertz CT molecular complexity index is 1190. The van der Waals surface area contributed by atoms with E-state index in [1.54, 1.807) is 13.1 Å². The van der Waals surface area contributed by atoms with Crippen LogP contribution in [-0.2, 0) is 12.6 Å². The maximum Gasteiger partial charge on any atom is 0.416 e. The highest BCUT2D eigenvalue weighted by atomic mass is 19.4. The second-order valence-corrected chi connectivity index (χ2v) is 9.21. The maximum atomic E-state index is 12.5. The number of anilines is 1. The molecule has 1 aromatic carbocycles. The third kappa shape index (κ3) is 8.79. The molecule has 1 fully saturated rings. The van der Waals surface area contributed by atoms with E-state index in [1.165, 1.54) is 43.6 Å². The minimum atomic E-state index is -4.37. The molecule has 3 aromatic rings. The zero-order chi connectivity index (χ0) is 27.5.